The van der Waals surface area contributed by atoms with Crippen LogP contribution in [0, 0.1) is 6.92 Å². The number of ether oxygens (including phenoxy) is 3. The van der Waals surface area contributed by atoms with Gasteiger partial charge in [-0.1, -0.05) is 103 Å². The van der Waals surface area contributed by atoms with E-state index in [1.807, 2.05) is 115 Å². The molecule has 2 N–H and O–H groups in total. The second kappa shape index (κ2) is 17.1. The van der Waals surface area contributed by atoms with Gasteiger partial charge in [0.05, 0.1) is 20.3 Å². The highest BCUT2D eigenvalue weighted by molar-refractivity contribution is 7.47. The van der Waals surface area contributed by atoms with E-state index >= 15 is 0 Å². The van der Waals surface area contributed by atoms with E-state index in [0.29, 0.717) is 11.6 Å². The molecule has 0 aliphatic carbocycles. The zero-order chi connectivity index (χ0) is 39.1. The van der Waals surface area contributed by atoms with Crippen molar-refractivity contribution in [3.8, 4) is 16.9 Å². The maximum atomic E-state index is 13.5. The summed E-state index contributed by atoms with van der Waals surface area (Å²) in [5, 5.41) is 0. The standard InChI is InChI=1S/C42H41N4O9P/c1-29-27-46(41(48)45-40(29)47)39-24-36(55-56(49,50)53-23-22-38-43-25-31(26-44-38)30-12-6-3-7-13-30)37(54-39)28-52-42(32-14-8-4-9-15-32,33-16-10-5-11-17-33)34-18-20-35(51-2)21-19-34/h3-21,25-27,36-37,39H,22-24,28H2,1-2H3,(H,49,50)(H,45,47,48)/t36-,37+,39+/m0/s1. The summed E-state index contributed by atoms with van der Waals surface area (Å²) in [5.41, 5.74) is 2.07. The zero-order valence-corrected chi connectivity index (χ0v) is 31.7. The zero-order valence-electron chi connectivity index (χ0n) is 30.8. The average Bonchev–Trinajstić information content (AvgIpc) is 3.62. The number of hydrogen-bond donors (Lipinski definition) is 2. The quantitative estimate of drug-likeness (QED) is 0.0882. The minimum atomic E-state index is -4.72. The Kier molecular flexibility index (Phi) is 11.8. The summed E-state index contributed by atoms with van der Waals surface area (Å²) >= 11 is 0. The predicted molar refractivity (Wildman–Crippen MR) is 208 cm³/mol. The average molecular weight is 777 g/mol. The lowest BCUT2D eigenvalue weighted by Gasteiger charge is -2.37. The van der Waals surface area contributed by atoms with Crippen LogP contribution in [0.3, 0.4) is 0 Å². The van der Waals surface area contributed by atoms with Gasteiger partial charge in [0.15, 0.2) is 0 Å². The van der Waals surface area contributed by atoms with Gasteiger partial charge in [-0.05, 0) is 41.3 Å². The molecule has 13 nitrogen and oxygen atoms in total. The first-order chi connectivity index (χ1) is 27.1. The largest absolute Gasteiger partial charge is 0.497 e. The van der Waals surface area contributed by atoms with Crippen LogP contribution in [0.15, 0.2) is 143 Å². The predicted octanol–water partition coefficient (Wildman–Crippen LogP) is 6.35. The van der Waals surface area contributed by atoms with Gasteiger partial charge in [0.2, 0.25) is 0 Å². The van der Waals surface area contributed by atoms with Gasteiger partial charge >= 0.3 is 13.5 Å². The molecule has 3 heterocycles. The van der Waals surface area contributed by atoms with E-state index in [4.69, 9.17) is 23.3 Å². The topological polar surface area (TPSA) is 164 Å². The maximum Gasteiger partial charge on any atom is 0.472 e. The van der Waals surface area contributed by atoms with Crippen molar-refractivity contribution < 1.29 is 32.7 Å². The normalized spacial score (nSPS) is 18.0. The Hall–Kier alpha value is -5.53. The van der Waals surface area contributed by atoms with Crippen LogP contribution in [0.2, 0.25) is 0 Å². The van der Waals surface area contributed by atoms with E-state index in [0.717, 1.165) is 27.8 Å². The van der Waals surface area contributed by atoms with Crippen molar-refractivity contribution in [2.24, 2.45) is 0 Å². The van der Waals surface area contributed by atoms with Crippen molar-refractivity contribution in [3.63, 3.8) is 0 Å². The molecule has 56 heavy (non-hydrogen) atoms. The summed E-state index contributed by atoms with van der Waals surface area (Å²) < 4.78 is 44.9. The summed E-state index contributed by atoms with van der Waals surface area (Å²) in [4.78, 5) is 47.3. The molecule has 1 saturated heterocycles. The number of benzene rings is 4. The van der Waals surface area contributed by atoms with Crippen LogP contribution >= 0.6 is 7.82 Å². The highest BCUT2D eigenvalue weighted by Crippen LogP contribution is 2.49. The van der Waals surface area contributed by atoms with E-state index in [1.54, 1.807) is 26.4 Å². The van der Waals surface area contributed by atoms with Gasteiger partial charge in [-0.25, -0.2) is 19.3 Å². The number of aromatic amines is 1. The van der Waals surface area contributed by atoms with Gasteiger partial charge in [-0.15, -0.1) is 0 Å². The van der Waals surface area contributed by atoms with Crippen LogP contribution in [0.25, 0.3) is 11.1 Å². The molecule has 6 aromatic rings. The number of nitrogens with one attached hydrogen (secondary N) is 1. The molecular formula is C42H41N4O9P. The number of aromatic nitrogens is 4. The lowest BCUT2D eigenvalue weighted by atomic mass is 9.80. The molecule has 0 saturated carbocycles. The van der Waals surface area contributed by atoms with Crippen molar-refractivity contribution in [2.45, 2.75) is 43.8 Å². The number of H-pyrrole nitrogens is 1. The lowest BCUT2D eigenvalue weighted by Crippen LogP contribution is -2.38. The number of rotatable bonds is 15. The fourth-order valence-corrected chi connectivity index (χ4v) is 7.72. The Morgan fingerprint density at radius 3 is 2.05 bits per heavy atom. The molecule has 0 radical (unpaired) electrons. The van der Waals surface area contributed by atoms with E-state index in [9.17, 15) is 19.0 Å². The second-order valence-corrected chi connectivity index (χ2v) is 14.7. The number of hydrogen-bond acceptors (Lipinski definition) is 10. The van der Waals surface area contributed by atoms with Gasteiger partial charge in [0.1, 0.15) is 35.6 Å². The van der Waals surface area contributed by atoms with Crippen LogP contribution in [-0.2, 0) is 35.1 Å². The van der Waals surface area contributed by atoms with Gasteiger partial charge in [0, 0.05) is 42.6 Å². The van der Waals surface area contributed by atoms with Crippen molar-refractivity contribution in [2.75, 3.05) is 20.3 Å². The summed E-state index contributed by atoms with van der Waals surface area (Å²) in [6.45, 7) is 1.20. The molecule has 1 fully saturated rings. The third-order valence-electron chi connectivity index (χ3n) is 9.62. The summed E-state index contributed by atoms with van der Waals surface area (Å²) in [6, 6.07) is 36.5. The van der Waals surface area contributed by atoms with E-state index in [2.05, 4.69) is 15.0 Å². The van der Waals surface area contributed by atoms with Crippen LogP contribution in [0.5, 0.6) is 5.75 Å². The lowest BCUT2D eigenvalue weighted by molar-refractivity contribution is -0.0940. The Morgan fingerprint density at radius 1 is 0.857 bits per heavy atom. The van der Waals surface area contributed by atoms with Crippen LogP contribution in [-0.4, -0.2) is 56.9 Å². The molecule has 4 aromatic carbocycles. The fraction of sp³-hybridized carbons (Fsp3) is 0.238. The van der Waals surface area contributed by atoms with E-state index in [1.165, 1.54) is 10.8 Å². The first-order valence-corrected chi connectivity index (χ1v) is 19.5. The number of nitrogens with zero attached hydrogens (tertiary/aromatic N) is 3. The molecule has 1 unspecified atom stereocenters. The molecule has 14 heteroatoms. The number of aryl methyl sites for hydroxylation is 1. The highest BCUT2D eigenvalue weighted by Gasteiger charge is 2.45. The van der Waals surface area contributed by atoms with Crippen LogP contribution in [0.1, 0.15) is 40.7 Å². The number of methoxy groups -OCH3 is 1. The molecule has 4 atom stereocenters. The monoisotopic (exact) mass is 776 g/mol. The Morgan fingerprint density at radius 2 is 1.45 bits per heavy atom. The molecule has 288 valence electrons. The summed E-state index contributed by atoms with van der Waals surface area (Å²) in [7, 11) is -3.12. The Balaban J connectivity index is 1.16. The van der Waals surface area contributed by atoms with Gasteiger partial charge in [0.25, 0.3) is 5.56 Å². The van der Waals surface area contributed by atoms with E-state index in [-0.39, 0.29) is 31.6 Å². The Labute approximate surface area is 323 Å². The minimum absolute atomic E-state index is 0.0381. The summed E-state index contributed by atoms with van der Waals surface area (Å²) in [5.74, 6) is 1.08. The molecule has 2 aromatic heterocycles. The molecular weight excluding hydrogens is 735 g/mol. The van der Waals surface area contributed by atoms with Crippen molar-refractivity contribution in [3.05, 3.63) is 183 Å². The van der Waals surface area contributed by atoms with Crippen molar-refractivity contribution >= 4 is 7.82 Å². The number of phosphoric acid groups is 1. The molecule has 1 aliphatic rings. The molecule has 1 aliphatic heterocycles. The Bertz CT molecular complexity index is 2340. The third-order valence-corrected chi connectivity index (χ3v) is 10.7. The SMILES string of the molecule is COc1ccc(C(OC[C@H]2O[C@@H](n3cc(C)c(=O)[nH]c3=O)C[C@@H]2OP(=O)(O)OCCc2ncc(-c3ccccc3)cn2)(c2ccccc2)c2ccccc2)cc1. The maximum absolute atomic E-state index is 13.5. The second-order valence-electron chi connectivity index (χ2n) is 13.2. The molecule has 7 rings (SSSR count). The molecule has 0 spiro atoms. The minimum Gasteiger partial charge on any atom is -0.497 e. The van der Waals surface area contributed by atoms with Crippen molar-refractivity contribution in [1.82, 2.24) is 19.5 Å². The summed E-state index contributed by atoms with van der Waals surface area (Å²) in [6.07, 6.45) is 1.82. The highest BCUT2D eigenvalue weighted by atomic mass is 31.2. The molecule has 0 amide bonds. The van der Waals surface area contributed by atoms with Crippen LogP contribution in [0.4, 0.5) is 0 Å². The number of phosphoric ester groups is 1. The van der Waals surface area contributed by atoms with Gasteiger partial charge in [-0.3, -0.25) is 23.4 Å². The first kappa shape index (κ1) is 38.7. The van der Waals surface area contributed by atoms with E-state index < -0.39 is 43.1 Å². The van der Waals surface area contributed by atoms with Gasteiger partial charge < -0.3 is 19.1 Å². The molecule has 0 bridgehead atoms. The van der Waals surface area contributed by atoms with Gasteiger partial charge in [-0.2, -0.15) is 0 Å². The van der Waals surface area contributed by atoms with Crippen molar-refractivity contribution in [1.29, 1.82) is 0 Å². The fourth-order valence-electron chi connectivity index (χ4n) is 6.78. The first-order valence-electron chi connectivity index (χ1n) is 18.0. The third kappa shape index (κ3) is 8.63. The smallest absolute Gasteiger partial charge is 0.472 e. The van der Waals surface area contributed by atoms with Crippen LogP contribution < -0.4 is 16.0 Å².